The lowest BCUT2D eigenvalue weighted by Crippen LogP contribution is -2.28. The second-order valence-electron chi connectivity index (χ2n) is 7.36. The van der Waals surface area contributed by atoms with Gasteiger partial charge in [-0.3, -0.25) is 9.48 Å². The third-order valence-electron chi connectivity index (χ3n) is 5.43. The van der Waals surface area contributed by atoms with E-state index in [1.807, 2.05) is 43.3 Å². The van der Waals surface area contributed by atoms with E-state index in [0.717, 1.165) is 23.0 Å². The van der Waals surface area contributed by atoms with Gasteiger partial charge in [0.15, 0.2) is 0 Å². The van der Waals surface area contributed by atoms with Crippen molar-refractivity contribution < 1.29 is 4.79 Å². The van der Waals surface area contributed by atoms with Gasteiger partial charge in [0.05, 0.1) is 12.1 Å². The fraction of sp³-hybridized carbons (Fsp3) is 0.500. The van der Waals surface area contributed by atoms with E-state index in [1.54, 1.807) is 4.68 Å². The first-order valence-electron chi connectivity index (χ1n) is 9.46. The Labute approximate surface area is 158 Å². The molecule has 2 atom stereocenters. The summed E-state index contributed by atoms with van der Waals surface area (Å²) >= 11 is 1.97. The molecular weight excluding hydrogens is 344 g/mol. The molecule has 2 aliphatic rings. The lowest BCUT2D eigenvalue weighted by Gasteiger charge is -2.17. The average molecular weight is 371 g/mol. The van der Waals surface area contributed by atoms with E-state index >= 15 is 0 Å². The van der Waals surface area contributed by atoms with Crippen molar-refractivity contribution in [3.05, 3.63) is 42.2 Å². The molecule has 2 aromatic rings. The number of nitrogens with one attached hydrogen (secondary N) is 2. The number of nitrogens with zero attached hydrogens (tertiary/aromatic N) is 2. The summed E-state index contributed by atoms with van der Waals surface area (Å²) in [5.74, 6) is 0.202. The molecule has 0 radical (unpaired) electrons. The molecule has 138 valence electrons. The van der Waals surface area contributed by atoms with Crippen molar-refractivity contribution in [3.8, 4) is 0 Å². The number of amides is 1. The molecule has 0 unspecified atom stereocenters. The maximum Gasteiger partial charge on any atom is 0.229 e. The second-order valence-corrected chi connectivity index (χ2v) is 8.73. The molecule has 1 aromatic carbocycles. The minimum atomic E-state index is -0.0632. The molecule has 6 heteroatoms. The number of hydrogen-bond donors (Lipinski definition) is 2. The zero-order chi connectivity index (χ0) is 17.9. The number of benzene rings is 1. The van der Waals surface area contributed by atoms with Gasteiger partial charge >= 0.3 is 0 Å². The van der Waals surface area contributed by atoms with Crippen LogP contribution in [0.2, 0.25) is 0 Å². The first kappa shape index (κ1) is 17.6. The summed E-state index contributed by atoms with van der Waals surface area (Å²) in [7, 11) is 1.91. The smallest absolute Gasteiger partial charge is 0.229 e. The van der Waals surface area contributed by atoms with Crippen LogP contribution >= 0.6 is 11.8 Å². The van der Waals surface area contributed by atoms with Gasteiger partial charge in [0, 0.05) is 48.1 Å². The molecule has 0 spiro atoms. The van der Waals surface area contributed by atoms with Gasteiger partial charge in [0.25, 0.3) is 0 Å². The minimum absolute atomic E-state index is 0.0632. The molecule has 2 N–H and O–H groups in total. The summed E-state index contributed by atoms with van der Waals surface area (Å²) in [5.41, 5.74) is 2.00. The summed E-state index contributed by atoms with van der Waals surface area (Å²) in [5, 5.41) is 11.5. The largest absolute Gasteiger partial charge is 0.326 e. The maximum absolute atomic E-state index is 12.8. The lowest BCUT2D eigenvalue weighted by molar-refractivity contribution is -0.119. The molecular formula is C20H26N4OS. The van der Waals surface area contributed by atoms with Crippen molar-refractivity contribution in [2.75, 3.05) is 18.4 Å². The van der Waals surface area contributed by atoms with Crippen molar-refractivity contribution >= 4 is 23.4 Å². The number of carbonyl (C=O) groups is 1. The van der Waals surface area contributed by atoms with Crippen molar-refractivity contribution in [2.24, 2.45) is 13.0 Å². The third kappa shape index (κ3) is 3.96. The fourth-order valence-electron chi connectivity index (χ4n) is 3.99. The van der Waals surface area contributed by atoms with Gasteiger partial charge in [-0.2, -0.15) is 5.10 Å². The number of hydrogen-bond acceptors (Lipinski definition) is 4. The topological polar surface area (TPSA) is 59.0 Å². The quantitative estimate of drug-likeness (QED) is 0.847. The number of thioether (sulfide) groups is 1. The maximum atomic E-state index is 12.8. The zero-order valence-corrected chi connectivity index (χ0v) is 16.0. The highest BCUT2D eigenvalue weighted by molar-refractivity contribution is 8.00. The Morgan fingerprint density at radius 3 is 2.69 bits per heavy atom. The average Bonchev–Trinajstić information content (AvgIpc) is 3.37. The number of anilines is 1. The number of aryl methyl sites for hydroxylation is 1. The SMILES string of the molecule is Cn1cc([C@H]2CNC[C@@H]2C(=O)Nc2ccc(SC3CCCC3)cc2)cn1. The van der Waals surface area contributed by atoms with Gasteiger partial charge in [-0.05, 0) is 42.7 Å². The Morgan fingerprint density at radius 2 is 2.00 bits per heavy atom. The Balaban J connectivity index is 1.37. The van der Waals surface area contributed by atoms with Crippen LogP contribution in [0.3, 0.4) is 0 Å². The minimum Gasteiger partial charge on any atom is -0.326 e. The molecule has 1 aliphatic heterocycles. The predicted molar refractivity (Wildman–Crippen MR) is 105 cm³/mol. The highest BCUT2D eigenvalue weighted by Crippen LogP contribution is 2.35. The molecule has 1 saturated heterocycles. The normalized spacial score (nSPS) is 23.4. The number of aromatic nitrogens is 2. The number of carbonyl (C=O) groups excluding carboxylic acids is 1. The Hall–Kier alpha value is -1.79. The molecule has 2 heterocycles. The molecule has 2 fully saturated rings. The molecule has 5 nitrogen and oxygen atoms in total. The Morgan fingerprint density at radius 1 is 1.23 bits per heavy atom. The van der Waals surface area contributed by atoms with Crippen LogP contribution in [-0.2, 0) is 11.8 Å². The van der Waals surface area contributed by atoms with E-state index in [0.29, 0.717) is 6.54 Å². The monoisotopic (exact) mass is 370 g/mol. The van der Waals surface area contributed by atoms with Gasteiger partial charge in [-0.1, -0.05) is 12.8 Å². The van der Waals surface area contributed by atoms with E-state index in [2.05, 4.69) is 27.9 Å². The first-order chi connectivity index (χ1) is 12.7. The standard InChI is InChI=1S/C20H26N4OS/c1-24-13-14(10-22-24)18-11-21-12-19(18)20(25)23-15-6-8-17(9-7-15)26-16-4-2-3-5-16/h6-10,13,16,18-19,21H,2-5,11-12H2,1H3,(H,23,25)/t18-,19+/m1/s1. The number of rotatable bonds is 5. The molecule has 1 aliphatic carbocycles. The van der Waals surface area contributed by atoms with Crippen molar-refractivity contribution in [1.82, 2.24) is 15.1 Å². The van der Waals surface area contributed by atoms with E-state index < -0.39 is 0 Å². The first-order valence-corrected chi connectivity index (χ1v) is 10.3. The van der Waals surface area contributed by atoms with Gasteiger partial charge in [0.2, 0.25) is 5.91 Å². The second kappa shape index (κ2) is 7.84. The fourth-order valence-corrected chi connectivity index (χ4v) is 5.23. The van der Waals surface area contributed by atoms with Crippen molar-refractivity contribution in [1.29, 1.82) is 0 Å². The van der Waals surface area contributed by atoms with E-state index in [1.165, 1.54) is 30.6 Å². The van der Waals surface area contributed by atoms with E-state index in [-0.39, 0.29) is 17.7 Å². The summed E-state index contributed by atoms with van der Waals surface area (Å²) in [6.07, 6.45) is 9.25. The van der Waals surface area contributed by atoms with E-state index in [4.69, 9.17) is 0 Å². The van der Waals surface area contributed by atoms with Gasteiger partial charge in [-0.15, -0.1) is 11.8 Å². The summed E-state index contributed by atoms with van der Waals surface area (Å²) in [6, 6.07) is 8.31. The molecule has 1 saturated carbocycles. The molecule has 1 aromatic heterocycles. The van der Waals surface area contributed by atoms with Gasteiger partial charge in [-0.25, -0.2) is 0 Å². The summed E-state index contributed by atoms with van der Waals surface area (Å²) < 4.78 is 1.79. The van der Waals surface area contributed by atoms with Crippen LogP contribution in [0.25, 0.3) is 0 Å². The molecule has 1 amide bonds. The highest BCUT2D eigenvalue weighted by atomic mass is 32.2. The zero-order valence-electron chi connectivity index (χ0n) is 15.1. The molecule has 0 bridgehead atoms. The van der Waals surface area contributed by atoms with Crippen LogP contribution in [0.15, 0.2) is 41.6 Å². The van der Waals surface area contributed by atoms with E-state index in [9.17, 15) is 4.79 Å². The van der Waals surface area contributed by atoms with Gasteiger partial charge in [0.1, 0.15) is 0 Å². The molecule has 4 rings (SSSR count). The summed E-state index contributed by atoms with van der Waals surface area (Å²) in [4.78, 5) is 14.1. The van der Waals surface area contributed by atoms with Crippen LogP contribution < -0.4 is 10.6 Å². The lowest BCUT2D eigenvalue weighted by atomic mass is 9.90. The van der Waals surface area contributed by atoms with Crippen LogP contribution in [0.5, 0.6) is 0 Å². The van der Waals surface area contributed by atoms with Crippen molar-refractivity contribution in [2.45, 2.75) is 41.7 Å². The van der Waals surface area contributed by atoms with Crippen LogP contribution in [0.1, 0.15) is 37.2 Å². The van der Waals surface area contributed by atoms with Crippen LogP contribution in [0.4, 0.5) is 5.69 Å². The Bertz CT molecular complexity index is 751. The third-order valence-corrected chi connectivity index (χ3v) is 6.78. The summed E-state index contributed by atoms with van der Waals surface area (Å²) in [6.45, 7) is 1.53. The highest BCUT2D eigenvalue weighted by Gasteiger charge is 2.34. The Kier molecular flexibility index (Phi) is 5.31. The van der Waals surface area contributed by atoms with Crippen LogP contribution in [-0.4, -0.2) is 34.0 Å². The van der Waals surface area contributed by atoms with Gasteiger partial charge < -0.3 is 10.6 Å². The predicted octanol–water partition coefficient (Wildman–Crippen LogP) is 3.40. The van der Waals surface area contributed by atoms with Crippen molar-refractivity contribution in [3.63, 3.8) is 0 Å². The van der Waals surface area contributed by atoms with Crippen LogP contribution in [0, 0.1) is 5.92 Å². The molecule has 26 heavy (non-hydrogen) atoms.